The predicted octanol–water partition coefficient (Wildman–Crippen LogP) is 6.43. The van der Waals surface area contributed by atoms with Crippen molar-refractivity contribution in [3.8, 4) is 16.9 Å². The number of anilines is 1. The Bertz CT molecular complexity index is 1180. The van der Waals surface area contributed by atoms with Crippen LogP contribution >= 0.6 is 0 Å². The van der Waals surface area contributed by atoms with Gasteiger partial charge in [0.25, 0.3) is 0 Å². The van der Waals surface area contributed by atoms with Crippen molar-refractivity contribution in [2.24, 2.45) is 0 Å². The lowest BCUT2D eigenvalue weighted by Gasteiger charge is -2.17. The Morgan fingerprint density at radius 1 is 0.857 bits per heavy atom. The number of nitrogens with zero attached hydrogens (tertiary/aromatic N) is 1. The predicted molar refractivity (Wildman–Crippen MR) is 140 cm³/mol. The van der Waals surface area contributed by atoms with E-state index in [1.165, 1.54) is 0 Å². The SMILES string of the molecule is O=C(O)CC(Cc1ccc(OCCCNc2ccccn2)cc1)c1ccc(-c2ccccc2)cc1. The van der Waals surface area contributed by atoms with Crippen LogP contribution in [0.25, 0.3) is 11.1 Å². The molecule has 4 aromatic rings. The van der Waals surface area contributed by atoms with Crippen LogP contribution < -0.4 is 10.1 Å². The summed E-state index contributed by atoms with van der Waals surface area (Å²) in [6.07, 6.45) is 3.37. The number of rotatable bonds is 12. The van der Waals surface area contributed by atoms with Gasteiger partial charge in [0, 0.05) is 12.7 Å². The highest BCUT2D eigenvalue weighted by atomic mass is 16.5. The van der Waals surface area contributed by atoms with Crippen molar-refractivity contribution in [1.82, 2.24) is 4.98 Å². The molecule has 5 nitrogen and oxygen atoms in total. The molecule has 0 saturated heterocycles. The monoisotopic (exact) mass is 466 g/mol. The Morgan fingerprint density at radius 2 is 1.57 bits per heavy atom. The summed E-state index contributed by atoms with van der Waals surface area (Å²) in [5, 5.41) is 12.8. The van der Waals surface area contributed by atoms with Gasteiger partial charge in [-0.2, -0.15) is 0 Å². The van der Waals surface area contributed by atoms with E-state index >= 15 is 0 Å². The quantitative estimate of drug-likeness (QED) is 0.235. The third-order valence-corrected chi connectivity index (χ3v) is 5.88. The molecule has 0 bridgehead atoms. The highest BCUT2D eigenvalue weighted by Crippen LogP contribution is 2.28. The molecular formula is C30H30N2O3. The molecule has 2 N–H and O–H groups in total. The number of nitrogens with one attached hydrogen (secondary N) is 1. The lowest BCUT2D eigenvalue weighted by atomic mass is 9.88. The minimum absolute atomic E-state index is 0.0895. The molecule has 0 radical (unpaired) electrons. The lowest BCUT2D eigenvalue weighted by Crippen LogP contribution is -2.10. The molecule has 0 spiro atoms. The smallest absolute Gasteiger partial charge is 0.303 e. The molecule has 0 aliphatic rings. The van der Waals surface area contributed by atoms with Gasteiger partial charge < -0.3 is 15.2 Å². The van der Waals surface area contributed by atoms with E-state index in [1.54, 1.807) is 6.20 Å². The standard InChI is InChI=1S/C30H30N2O3/c33-30(34)22-27(26-14-12-25(13-15-26)24-7-2-1-3-8-24)21-23-10-16-28(17-11-23)35-20-6-19-32-29-9-4-5-18-31-29/h1-5,7-18,27H,6,19-22H2,(H,31,32)(H,33,34). The summed E-state index contributed by atoms with van der Waals surface area (Å²) in [6.45, 7) is 1.39. The van der Waals surface area contributed by atoms with Crippen molar-refractivity contribution >= 4 is 11.8 Å². The fraction of sp³-hybridized carbons (Fsp3) is 0.200. The molecule has 1 aromatic heterocycles. The van der Waals surface area contributed by atoms with E-state index in [9.17, 15) is 9.90 Å². The number of aliphatic carboxylic acids is 1. The molecule has 0 saturated carbocycles. The molecule has 4 rings (SSSR count). The van der Waals surface area contributed by atoms with E-state index in [1.807, 2.05) is 72.8 Å². The number of carbonyl (C=O) groups is 1. The molecule has 0 aliphatic carbocycles. The summed E-state index contributed by atoms with van der Waals surface area (Å²) < 4.78 is 5.85. The van der Waals surface area contributed by atoms with Crippen LogP contribution in [0.3, 0.4) is 0 Å². The number of hydrogen-bond donors (Lipinski definition) is 2. The van der Waals surface area contributed by atoms with Crippen molar-refractivity contribution in [3.05, 3.63) is 114 Å². The first-order valence-corrected chi connectivity index (χ1v) is 11.9. The van der Waals surface area contributed by atoms with Gasteiger partial charge in [0.1, 0.15) is 11.6 Å². The van der Waals surface area contributed by atoms with Gasteiger partial charge in [0.2, 0.25) is 0 Å². The van der Waals surface area contributed by atoms with E-state index in [4.69, 9.17) is 4.74 Å². The van der Waals surface area contributed by atoms with E-state index in [2.05, 4.69) is 34.6 Å². The minimum atomic E-state index is -0.790. The number of pyridine rings is 1. The van der Waals surface area contributed by atoms with Gasteiger partial charge in [0.15, 0.2) is 0 Å². The topological polar surface area (TPSA) is 71.5 Å². The number of hydrogen-bond acceptors (Lipinski definition) is 4. The largest absolute Gasteiger partial charge is 0.494 e. The number of ether oxygens (including phenoxy) is 1. The number of benzene rings is 3. The molecule has 1 heterocycles. The second kappa shape index (κ2) is 12.4. The van der Waals surface area contributed by atoms with Gasteiger partial charge >= 0.3 is 5.97 Å². The maximum atomic E-state index is 11.5. The van der Waals surface area contributed by atoms with Crippen molar-refractivity contribution in [3.63, 3.8) is 0 Å². The Morgan fingerprint density at radius 3 is 2.26 bits per heavy atom. The second-order valence-corrected chi connectivity index (χ2v) is 8.47. The summed E-state index contributed by atoms with van der Waals surface area (Å²) in [7, 11) is 0. The van der Waals surface area contributed by atoms with Crippen LogP contribution in [0.15, 0.2) is 103 Å². The van der Waals surface area contributed by atoms with Crippen molar-refractivity contribution in [1.29, 1.82) is 0 Å². The number of carboxylic acid groups (broad SMARTS) is 1. The van der Waals surface area contributed by atoms with Gasteiger partial charge in [-0.3, -0.25) is 4.79 Å². The van der Waals surface area contributed by atoms with Crippen molar-refractivity contribution in [2.75, 3.05) is 18.5 Å². The third kappa shape index (κ3) is 7.44. The fourth-order valence-electron chi connectivity index (χ4n) is 4.05. The molecule has 0 amide bonds. The summed E-state index contributed by atoms with van der Waals surface area (Å²) in [5.74, 6) is 0.791. The molecule has 178 valence electrons. The zero-order valence-electron chi connectivity index (χ0n) is 19.6. The minimum Gasteiger partial charge on any atom is -0.494 e. The highest BCUT2D eigenvalue weighted by molar-refractivity contribution is 5.68. The normalized spacial score (nSPS) is 11.5. The Labute approximate surface area is 206 Å². The summed E-state index contributed by atoms with van der Waals surface area (Å²) in [6, 6.07) is 32.2. The number of carboxylic acids is 1. The molecular weight excluding hydrogens is 436 g/mol. The van der Waals surface area contributed by atoms with Crippen LogP contribution in [-0.2, 0) is 11.2 Å². The van der Waals surface area contributed by atoms with Gasteiger partial charge in [-0.25, -0.2) is 4.98 Å². The van der Waals surface area contributed by atoms with Crippen LogP contribution in [0, 0.1) is 0 Å². The Kier molecular flexibility index (Phi) is 8.49. The second-order valence-electron chi connectivity index (χ2n) is 8.47. The van der Waals surface area contributed by atoms with Gasteiger partial charge in [-0.1, -0.05) is 72.8 Å². The van der Waals surface area contributed by atoms with Crippen LogP contribution in [0.4, 0.5) is 5.82 Å². The zero-order chi connectivity index (χ0) is 24.3. The van der Waals surface area contributed by atoms with E-state index in [-0.39, 0.29) is 12.3 Å². The van der Waals surface area contributed by atoms with Crippen molar-refractivity contribution in [2.45, 2.75) is 25.2 Å². The Balaban J connectivity index is 1.31. The van der Waals surface area contributed by atoms with Gasteiger partial charge in [0.05, 0.1) is 13.0 Å². The van der Waals surface area contributed by atoms with E-state index in [0.29, 0.717) is 13.0 Å². The van der Waals surface area contributed by atoms with Crippen LogP contribution in [0.5, 0.6) is 5.75 Å². The average molecular weight is 467 g/mol. The first-order chi connectivity index (χ1) is 17.2. The summed E-state index contributed by atoms with van der Waals surface area (Å²) >= 11 is 0. The molecule has 35 heavy (non-hydrogen) atoms. The van der Waals surface area contributed by atoms with Gasteiger partial charge in [-0.05, 0) is 65.3 Å². The molecule has 3 aromatic carbocycles. The third-order valence-electron chi connectivity index (χ3n) is 5.88. The fourth-order valence-corrected chi connectivity index (χ4v) is 4.05. The highest BCUT2D eigenvalue weighted by Gasteiger charge is 2.17. The molecule has 0 aliphatic heterocycles. The molecule has 0 fully saturated rings. The lowest BCUT2D eigenvalue weighted by molar-refractivity contribution is -0.137. The van der Waals surface area contributed by atoms with Crippen LogP contribution in [0.2, 0.25) is 0 Å². The Hall–Kier alpha value is -4.12. The zero-order valence-corrected chi connectivity index (χ0v) is 19.6. The first kappa shape index (κ1) is 24.0. The average Bonchev–Trinajstić information content (AvgIpc) is 2.90. The molecule has 1 unspecified atom stereocenters. The molecule has 5 heteroatoms. The van der Waals surface area contributed by atoms with E-state index in [0.717, 1.165) is 46.8 Å². The van der Waals surface area contributed by atoms with Crippen LogP contribution in [-0.4, -0.2) is 29.2 Å². The molecule has 1 atom stereocenters. The van der Waals surface area contributed by atoms with Gasteiger partial charge in [-0.15, -0.1) is 0 Å². The van der Waals surface area contributed by atoms with E-state index < -0.39 is 5.97 Å². The summed E-state index contributed by atoms with van der Waals surface area (Å²) in [5.41, 5.74) is 4.40. The summed E-state index contributed by atoms with van der Waals surface area (Å²) in [4.78, 5) is 15.8. The maximum Gasteiger partial charge on any atom is 0.303 e. The van der Waals surface area contributed by atoms with Crippen molar-refractivity contribution < 1.29 is 14.6 Å². The first-order valence-electron chi connectivity index (χ1n) is 11.9. The maximum absolute atomic E-state index is 11.5. The number of aromatic nitrogens is 1. The van der Waals surface area contributed by atoms with Crippen LogP contribution in [0.1, 0.15) is 29.9 Å².